The largest absolute Gasteiger partial charge is 0.444 e. The zero-order chi connectivity index (χ0) is 24.6. The third-order valence-electron chi connectivity index (χ3n) is 5.95. The number of carbonyl (C=O) groups is 2. The molecule has 6 nitrogen and oxygen atoms in total. The van der Waals surface area contributed by atoms with E-state index in [0.717, 1.165) is 36.6 Å². The molecule has 35 heavy (non-hydrogen) atoms. The van der Waals surface area contributed by atoms with Crippen molar-refractivity contribution in [1.29, 1.82) is 0 Å². The molecule has 182 valence electrons. The minimum Gasteiger partial charge on any atom is -0.444 e. The Balaban J connectivity index is 1.24. The van der Waals surface area contributed by atoms with Gasteiger partial charge in [-0.2, -0.15) is 0 Å². The number of halogens is 2. The molecule has 0 saturated carbocycles. The van der Waals surface area contributed by atoms with Crippen LogP contribution < -0.4 is 5.32 Å². The number of nitrogens with one attached hydrogen (secondary N) is 1. The summed E-state index contributed by atoms with van der Waals surface area (Å²) in [6.45, 7) is 4.00. The first-order valence-electron chi connectivity index (χ1n) is 11.5. The van der Waals surface area contributed by atoms with Crippen LogP contribution in [0.15, 0.2) is 72.8 Å². The van der Waals surface area contributed by atoms with E-state index < -0.39 is 6.09 Å². The first kappa shape index (κ1) is 25.0. The molecule has 0 radical (unpaired) electrons. The first-order chi connectivity index (χ1) is 17.0. The van der Waals surface area contributed by atoms with Gasteiger partial charge in [0, 0.05) is 43.4 Å². The lowest BCUT2D eigenvalue weighted by atomic mass is 10.1. The number of piperazine rings is 1. The van der Waals surface area contributed by atoms with E-state index in [-0.39, 0.29) is 12.5 Å². The van der Waals surface area contributed by atoms with Crippen molar-refractivity contribution in [2.75, 3.05) is 38.0 Å². The number of hydrogen-bond acceptors (Lipinski definition) is 4. The van der Waals surface area contributed by atoms with Crippen LogP contribution in [0.5, 0.6) is 0 Å². The maximum Gasteiger partial charge on any atom is 0.411 e. The van der Waals surface area contributed by atoms with Gasteiger partial charge >= 0.3 is 6.09 Å². The summed E-state index contributed by atoms with van der Waals surface area (Å²) in [7, 11) is 0. The van der Waals surface area contributed by atoms with Crippen molar-refractivity contribution in [3.8, 4) is 0 Å². The maximum absolute atomic E-state index is 13.0. The van der Waals surface area contributed by atoms with Crippen LogP contribution in [0.4, 0.5) is 10.5 Å². The standard InChI is InChI=1S/C27H27Cl2N3O3/c28-22-8-6-20(7-9-22)12-13-31-14-16-32(17-15-31)26(33)24-11-10-23(18-25(24)29)30-27(34)35-19-21-4-2-1-3-5-21/h1-11,18H,12-17,19H2,(H,30,34). The van der Waals surface area contributed by atoms with E-state index in [2.05, 4.69) is 10.2 Å². The summed E-state index contributed by atoms with van der Waals surface area (Å²) in [5, 5.41) is 3.69. The number of carbonyl (C=O) groups excluding carboxylic acids is 2. The number of rotatable bonds is 7. The number of nitrogens with zero attached hydrogens (tertiary/aromatic N) is 2. The van der Waals surface area contributed by atoms with Gasteiger partial charge in [0.05, 0.1) is 10.6 Å². The molecule has 0 atom stereocenters. The summed E-state index contributed by atoms with van der Waals surface area (Å²) in [6, 6.07) is 22.2. The van der Waals surface area contributed by atoms with Crippen molar-refractivity contribution in [3.05, 3.63) is 99.5 Å². The molecule has 4 rings (SSSR count). The highest BCUT2D eigenvalue weighted by molar-refractivity contribution is 6.34. The monoisotopic (exact) mass is 511 g/mol. The van der Waals surface area contributed by atoms with Gasteiger partial charge in [0.1, 0.15) is 6.61 Å². The number of benzene rings is 3. The maximum atomic E-state index is 13.0. The molecule has 0 aliphatic carbocycles. The van der Waals surface area contributed by atoms with Crippen molar-refractivity contribution in [1.82, 2.24) is 9.80 Å². The zero-order valence-electron chi connectivity index (χ0n) is 19.3. The summed E-state index contributed by atoms with van der Waals surface area (Å²) in [6.07, 6.45) is 0.359. The third-order valence-corrected chi connectivity index (χ3v) is 6.51. The van der Waals surface area contributed by atoms with E-state index in [1.165, 1.54) is 5.56 Å². The van der Waals surface area contributed by atoms with Crippen molar-refractivity contribution in [2.24, 2.45) is 0 Å². The van der Waals surface area contributed by atoms with E-state index in [0.29, 0.717) is 29.4 Å². The predicted octanol–water partition coefficient (Wildman–Crippen LogP) is 5.74. The molecule has 8 heteroatoms. The van der Waals surface area contributed by atoms with Crippen molar-refractivity contribution in [2.45, 2.75) is 13.0 Å². The average Bonchev–Trinajstić information content (AvgIpc) is 2.88. The Hall–Kier alpha value is -3.06. The lowest BCUT2D eigenvalue weighted by molar-refractivity contribution is 0.0638. The van der Waals surface area contributed by atoms with Crippen LogP contribution in [0.2, 0.25) is 10.0 Å². The number of ether oxygens (including phenoxy) is 1. The minimum absolute atomic E-state index is 0.106. The molecule has 0 bridgehead atoms. The fourth-order valence-corrected chi connectivity index (χ4v) is 4.31. The number of anilines is 1. The van der Waals surface area contributed by atoms with Crippen LogP contribution in [0.1, 0.15) is 21.5 Å². The Kier molecular flexibility index (Phi) is 8.64. The molecular weight excluding hydrogens is 485 g/mol. The normalized spacial score (nSPS) is 13.9. The van der Waals surface area contributed by atoms with E-state index >= 15 is 0 Å². The van der Waals surface area contributed by atoms with Crippen LogP contribution in [0.3, 0.4) is 0 Å². The molecule has 1 saturated heterocycles. The molecule has 1 aliphatic heterocycles. The highest BCUT2D eigenvalue weighted by atomic mass is 35.5. The van der Waals surface area contributed by atoms with Crippen LogP contribution >= 0.6 is 23.2 Å². The summed E-state index contributed by atoms with van der Waals surface area (Å²) >= 11 is 12.3. The number of amides is 2. The quantitative estimate of drug-likeness (QED) is 0.439. The molecule has 0 spiro atoms. The second-order valence-electron chi connectivity index (χ2n) is 8.39. The second-order valence-corrected chi connectivity index (χ2v) is 9.24. The van der Waals surface area contributed by atoms with Gasteiger partial charge < -0.3 is 9.64 Å². The van der Waals surface area contributed by atoms with Crippen LogP contribution in [0.25, 0.3) is 0 Å². The van der Waals surface area contributed by atoms with E-state index in [1.807, 2.05) is 59.5 Å². The molecule has 1 heterocycles. The highest BCUT2D eigenvalue weighted by Gasteiger charge is 2.23. The summed E-state index contributed by atoms with van der Waals surface area (Å²) in [5.74, 6) is -0.106. The lowest BCUT2D eigenvalue weighted by Gasteiger charge is -2.35. The van der Waals surface area contributed by atoms with Gasteiger partial charge in [-0.15, -0.1) is 0 Å². The van der Waals surface area contributed by atoms with Gasteiger partial charge in [0.2, 0.25) is 0 Å². The Morgan fingerprint density at radius 2 is 1.57 bits per heavy atom. The van der Waals surface area contributed by atoms with E-state index in [4.69, 9.17) is 27.9 Å². The Morgan fingerprint density at radius 1 is 0.857 bits per heavy atom. The van der Waals surface area contributed by atoms with Gasteiger partial charge in [0.15, 0.2) is 0 Å². The topological polar surface area (TPSA) is 61.9 Å². The third kappa shape index (κ3) is 7.21. The Morgan fingerprint density at radius 3 is 2.26 bits per heavy atom. The summed E-state index contributed by atoms with van der Waals surface area (Å²) in [4.78, 5) is 29.3. The van der Waals surface area contributed by atoms with Crippen molar-refractivity contribution < 1.29 is 14.3 Å². The molecule has 3 aromatic rings. The van der Waals surface area contributed by atoms with Gasteiger partial charge in [-0.25, -0.2) is 4.79 Å². The first-order valence-corrected chi connectivity index (χ1v) is 12.3. The minimum atomic E-state index is -0.585. The molecule has 2 amide bonds. The number of hydrogen-bond donors (Lipinski definition) is 1. The van der Waals surface area contributed by atoms with Crippen LogP contribution in [-0.4, -0.2) is 54.5 Å². The fourth-order valence-electron chi connectivity index (χ4n) is 3.93. The average molecular weight is 512 g/mol. The fraction of sp³-hybridized carbons (Fsp3) is 0.259. The zero-order valence-corrected chi connectivity index (χ0v) is 20.8. The van der Waals surface area contributed by atoms with E-state index in [9.17, 15) is 9.59 Å². The van der Waals surface area contributed by atoms with Gasteiger partial charge in [-0.1, -0.05) is 65.7 Å². The molecular formula is C27H27Cl2N3O3. The van der Waals surface area contributed by atoms with Crippen molar-refractivity contribution >= 4 is 40.9 Å². The summed E-state index contributed by atoms with van der Waals surface area (Å²) < 4.78 is 5.23. The molecule has 0 unspecified atom stereocenters. The predicted molar refractivity (Wildman–Crippen MR) is 139 cm³/mol. The Labute approximate surface area is 215 Å². The molecule has 1 fully saturated rings. The molecule has 1 aliphatic rings. The summed E-state index contributed by atoms with van der Waals surface area (Å²) in [5.41, 5.74) is 3.03. The van der Waals surface area contributed by atoms with Crippen LogP contribution in [-0.2, 0) is 17.8 Å². The highest BCUT2D eigenvalue weighted by Crippen LogP contribution is 2.23. The second kappa shape index (κ2) is 12.1. The lowest BCUT2D eigenvalue weighted by Crippen LogP contribution is -2.49. The SMILES string of the molecule is O=C(Nc1ccc(C(=O)N2CCN(CCc3ccc(Cl)cc3)CC2)c(Cl)c1)OCc1ccccc1. The molecule has 0 aromatic heterocycles. The van der Waals surface area contributed by atoms with Gasteiger partial charge in [-0.3, -0.25) is 15.0 Å². The van der Waals surface area contributed by atoms with Gasteiger partial charge in [-0.05, 0) is 47.9 Å². The van der Waals surface area contributed by atoms with Crippen LogP contribution in [0, 0.1) is 0 Å². The molecule has 1 N–H and O–H groups in total. The smallest absolute Gasteiger partial charge is 0.411 e. The Bertz CT molecular complexity index is 1150. The van der Waals surface area contributed by atoms with Crippen molar-refractivity contribution in [3.63, 3.8) is 0 Å². The molecule has 3 aromatic carbocycles. The van der Waals surface area contributed by atoms with E-state index in [1.54, 1.807) is 18.2 Å². The van der Waals surface area contributed by atoms with Gasteiger partial charge in [0.25, 0.3) is 5.91 Å².